The fraction of sp³-hybridized carbons (Fsp3) is 0. The van der Waals surface area contributed by atoms with Crippen LogP contribution in [-0.4, -0.2) is 13.4 Å². The predicted molar refractivity (Wildman–Crippen MR) is 115 cm³/mol. The lowest BCUT2D eigenvalue weighted by Crippen LogP contribution is -2.11. The molecule has 29 heavy (non-hydrogen) atoms. The molecule has 4 rings (SSSR count). The van der Waals surface area contributed by atoms with E-state index in [9.17, 15) is 12.8 Å². The normalized spacial score (nSPS) is 11.6. The molecular weight excluding hydrogens is 431 g/mol. The molecule has 0 bridgehead atoms. The lowest BCUT2D eigenvalue weighted by Gasteiger charge is -2.05. The molecule has 4 aromatic rings. The summed E-state index contributed by atoms with van der Waals surface area (Å²) in [5, 5.41) is 6.36. The number of benzene rings is 3. The predicted octanol–water partition coefficient (Wildman–Crippen LogP) is 5.58. The van der Waals surface area contributed by atoms with Crippen LogP contribution in [0, 0.1) is 5.82 Å². The highest BCUT2D eigenvalue weighted by Crippen LogP contribution is 2.42. The van der Waals surface area contributed by atoms with E-state index in [1.807, 2.05) is 18.2 Å². The molecule has 1 heterocycles. The van der Waals surface area contributed by atoms with Crippen molar-refractivity contribution in [3.8, 4) is 32.3 Å². The topological polar surface area (TPSA) is 73.1 Å². The second kappa shape index (κ2) is 7.68. The zero-order chi connectivity index (χ0) is 20.6. The van der Waals surface area contributed by atoms with Gasteiger partial charge in [0.15, 0.2) is 0 Å². The van der Waals surface area contributed by atoms with Gasteiger partial charge in [-0.05, 0) is 35.9 Å². The maximum absolute atomic E-state index is 14.5. The molecule has 3 aromatic carbocycles. The highest BCUT2D eigenvalue weighted by atomic mass is 35.5. The van der Waals surface area contributed by atoms with Crippen molar-refractivity contribution in [2.45, 2.75) is 4.90 Å². The van der Waals surface area contributed by atoms with Gasteiger partial charge in [0.25, 0.3) is 0 Å². The maximum atomic E-state index is 14.5. The smallest absolute Gasteiger partial charge is 0.235 e. The van der Waals surface area contributed by atoms with Crippen LogP contribution in [0.2, 0.25) is 5.02 Å². The monoisotopic (exact) mass is 444 g/mol. The molecule has 2 N–H and O–H groups in total. The number of hydrogen-bond donors (Lipinski definition) is 1. The summed E-state index contributed by atoms with van der Waals surface area (Å²) < 4.78 is 37.6. The highest BCUT2D eigenvalue weighted by molar-refractivity contribution is 7.89. The molecule has 0 saturated heterocycles. The molecule has 0 aliphatic heterocycles. The van der Waals surface area contributed by atoms with E-state index in [0.717, 1.165) is 5.56 Å². The number of hydrogen-bond acceptors (Lipinski definition) is 4. The van der Waals surface area contributed by atoms with E-state index in [1.54, 1.807) is 36.4 Å². The van der Waals surface area contributed by atoms with Gasteiger partial charge in [-0.2, -0.15) is 0 Å². The van der Waals surface area contributed by atoms with Crippen LogP contribution in [0.1, 0.15) is 0 Å². The summed E-state index contributed by atoms with van der Waals surface area (Å²) in [5.74, 6) is -0.397. The van der Waals surface area contributed by atoms with Crippen LogP contribution in [-0.2, 0) is 10.0 Å². The molecule has 0 aliphatic carbocycles. The largest absolute Gasteiger partial charge is 0.238 e. The highest BCUT2D eigenvalue weighted by Gasteiger charge is 2.20. The molecule has 0 radical (unpaired) electrons. The number of aromatic nitrogens is 1. The molecule has 0 amide bonds. The third-order valence-electron chi connectivity index (χ3n) is 4.31. The van der Waals surface area contributed by atoms with Crippen LogP contribution in [0.5, 0.6) is 0 Å². The van der Waals surface area contributed by atoms with Crippen molar-refractivity contribution < 1.29 is 12.8 Å². The molecule has 146 valence electrons. The van der Waals surface area contributed by atoms with Crippen LogP contribution in [0.3, 0.4) is 0 Å². The number of primary sulfonamides is 1. The Kier molecular flexibility index (Phi) is 5.23. The molecular formula is C21H14ClFN2O2S2. The van der Waals surface area contributed by atoms with Gasteiger partial charge in [-0.15, -0.1) is 11.3 Å². The Morgan fingerprint density at radius 2 is 1.52 bits per heavy atom. The Hall–Kier alpha value is -2.58. The van der Waals surface area contributed by atoms with Gasteiger partial charge in [-0.1, -0.05) is 54.1 Å². The average molecular weight is 445 g/mol. The van der Waals surface area contributed by atoms with E-state index < -0.39 is 15.8 Å². The molecule has 0 spiro atoms. The molecule has 0 atom stereocenters. The lowest BCUT2D eigenvalue weighted by atomic mass is 10.1. The van der Waals surface area contributed by atoms with E-state index in [-0.39, 0.29) is 4.90 Å². The maximum Gasteiger partial charge on any atom is 0.238 e. The summed E-state index contributed by atoms with van der Waals surface area (Å²) in [4.78, 5) is 5.38. The summed E-state index contributed by atoms with van der Waals surface area (Å²) in [6.45, 7) is 0. The minimum atomic E-state index is -3.80. The van der Waals surface area contributed by atoms with E-state index in [1.165, 1.54) is 29.5 Å². The summed E-state index contributed by atoms with van der Waals surface area (Å²) in [6, 6.07) is 19.8. The lowest BCUT2D eigenvalue weighted by molar-refractivity contribution is 0.598. The molecule has 0 fully saturated rings. The molecule has 0 saturated carbocycles. The number of sulfonamides is 1. The van der Waals surface area contributed by atoms with Crippen molar-refractivity contribution in [1.82, 2.24) is 4.98 Å². The van der Waals surface area contributed by atoms with Crippen LogP contribution in [0.4, 0.5) is 4.39 Å². The van der Waals surface area contributed by atoms with Crippen molar-refractivity contribution in [2.24, 2.45) is 5.14 Å². The van der Waals surface area contributed by atoms with Crippen LogP contribution in [0.15, 0.2) is 77.7 Å². The Labute approximate surface area is 176 Å². The molecule has 4 nitrogen and oxygen atoms in total. The fourth-order valence-corrected chi connectivity index (χ4v) is 4.82. The first-order chi connectivity index (χ1) is 13.8. The van der Waals surface area contributed by atoms with Gasteiger partial charge in [0.1, 0.15) is 10.8 Å². The van der Waals surface area contributed by atoms with Gasteiger partial charge in [0.2, 0.25) is 10.0 Å². The Balaban J connectivity index is 1.92. The summed E-state index contributed by atoms with van der Waals surface area (Å²) in [6.07, 6.45) is 0. The second-order valence-electron chi connectivity index (χ2n) is 6.23. The van der Waals surface area contributed by atoms with Crippen molar-refractivity contribution in [3.63, 3.8) is 0 Å². The van der Waals surface area contributed by atoms with Gasteiger partial charge in [0, 0.05) is 11.1 Å². The van der Waals surface area contributed by atoms with E-state index in [4.69, 9.17) is 16.7 Å². The number of halogens is 2. The molecule has 0 aliphatic rings. The van der Waals surface area contributed by atoms with Gasteiger partial charge in [0.05, 0.1) is 20.5 Å². The summed E-state index contributed by atoms with van der Waals surface area (Å²) in [7, 11) is -3.80. The van der Waals surface area contributed by atoms with Gasteiger partial charge >= 0.3 is 0 Å². The summed E-state index contributed by atoms with van der Waals surface area (Å²) >= 11 is 7.68. The quantitative estimate of drug-likeness (QED) is 0.446. The Morgan fingerprint density at radius 1 is 0.897 bits per heavy atom. The Bertz CT molecular complexity index is 1300. The SMILES string of the molecule is NS(=O)(=O)c1ccc(-c2sc(-c3ccccc3Cl)nc2-c2ccccc2F)cc1. The summed E-state index contributed by atoms with van der Waals surface area (Å²) in [5.41, 5.74) is 2.26. The van der Waals surface area contributed by atoms with Crippen molar-refractivity contribution in [3.05, 3.63) is 83.6 Å². The minimum absolute atomic E-state index is 0.00420. The first-order valence-corrected chi connectivity index (χ1v) is 11.2. The molecule has 0 unspecified atom stereocenters. The Morgan fingerprint density at radius 3 is 2.14 bits per heavy atom. The van der Waals surface area contributed by atoms with E-state index in [2.05, 4.69) is 4.98 Å². The van der Waals surface area contributed by atoms with E-state index >= 15 is 0 Å². The van der Waals surface area contributed by atoms with Crippen LogP contribution in [0.25, 0.3) is 32.3 Å². The van der Waals surface area contributed by atoms with Crippen molar-refractivity contribution >= 4 is 33.0 Å². The van der Waals surface area contributed by atoms with Gasteiger partial charge in [-0.3, -0.25) is 0 Å². The molecule has 1 aromatic heterocycles. The first-order valence-electron chi connectivity index (χ1n) is 8.48. The molecule has 8 heteroatoms. The van der Waals surface area contributed by atoms with Gasteiger partial charge < -0.3 is 0 Å². The number of nitrogens with two attached hydrogens (primary N) is 1. The second-order valence-corrected chi connectivity index (χ2v) is 9.19. The standard InChI is InChI=1S/C21H14ClFN2O2S2/c22-17-7-3-1-5-15(17)21-25-19(16-6-2-4-8-18(16)23)20(28-21)13-9-11-14(12-10-13)29(24,26)27/h1-12H,(H2,24,26,27). The van der Waals surface area contributed by atoms with Crippen molar-refractivity contribution in [1.29, 1.82) is 0 Å². The van der Waals surface area contributed by atoms with Gasteiger partial charge in [-0.25, -0.2) is 22.9 Å². The van der Waals surface area contributed by atoms with Crippen LogP contribution >= 0.6 is 22.9 Å². The number of nitrogens with zero attached hydrogens (tertiary/aromatic N) is 1. The average Bonchev–Trinajstić information content (AvgIpc) is 3.13. The number of thiazole rings is 1. The third-order valence-corrected chi connectivity index (χ3v) is 6.70. The third kappa shape index (κ3) is 3.95. The van der Waals surface area contributed by atoms with E-state index in [0.29, 0.717) is 31.7 Å². The fourth-order valence-electron chi connectivity index (χ4n) is 2.90. The first kappa shape index (κ1) is 19.7. The minimum Gasteiger partial charge on any atom is -0.235 e. The number of rotatable bonds is 4. The van der Waals surface area contributed by atoms with Crippen LogP contribution < -0.4 is 5.14 Å². The zero-order valence-corrected chi connectivity index (χ0v) is 17.2. The van der Waals surface area contributed by atoms with Crippen molar-refractivity contribution in [2.75, 3.05) is 0 Å². The zero-order valence-electron chi connectivity index (χ0n) is 14.8.